The van der Waals surface area contributed by atoms with Crippen LogP contribution in [0.25, 0.3) is 0 Å². The van der Waals surface area contributed by atoms with Crippen molar-refractivity contribution < 1.29 is 9.47 Å². The smallest absolute Gasteiger partial charge is 0.0712 e. The van der Waals surface area contributed by atoms with Gasteiger partial charge >= 0.3 is 0 Å². The van der Waals surface area contributed by atoms with Crippen LogP contribution in [0.15, 0.2) is 0 Å². The lowest BCUT2D eigenvalue weighted by atomic mass is 10.2. The minimum absolute atomic E-state index is 0.333. The van der Waals surface area contributed by atoms with Gasteiger partial charge in [-0.2, -0.15) is 0 Å². The molecule has 1 atom stereocenters. The summed E-state index contributed by atoms with van der Waals surface area (Å²) < 4.78 is 11.2. The zero-order valence-electron chi connectivity index (χ0n) is 10.9. The normalized spacial score (nSPS) is 21.9. The highest BCUT2D eigenvalue weighted by Crippen LogP contribution is 2.02. The minimum atomic E-state index is 0.333. The van der Waals surface area contributed by atoms with Crippen LogP contribution in [0, 0.1) is 0 Å². The number of nitrogens with one attached hydrogen (secondary N) is 1. The summed E-state index contributed by atoms with van der Waals surface area (Å²) in [6, 6.07) is 0. The molecule has 16 heavy (non-hydrogen) atoms. The summed E-state index contributed by atoms with van der Waals surface area (Å²) in [5, 5.41) is 3.35. The third kappa shape index (κ3) is 6.43. The van der Waals surface area contributed by atoms with Crippen molar-refractivity contribution in [2.24, 2.45) is 0 Å². The highest BCUT2D eigenvalue weighted by atomic mass is 16.5. The maximum absolute atomic E-state index is 5.65. The lowest BCUT2D eigenvalue weighted by Gasteiger charge is -2.26. The molecule has 1 fully saturated rings. The van der Waals surface area contributed by atoms with Gasteiger partial charge in [0, 0.05) is 26.2 Å². The van der Waals surface area contributed by atoms with Crippen molar-refractivity contribution in [2.75, 3.05) is 46.4 Å². The van der Waals surface area contributed by atoms with E-state index in [1.807, 2.05) is 0 Å². The molecule has 1 aliphatic rings. The number of ether oxygens (including phenoxy) is 2. The molecule has 1 aliphatic heterocycles. The fourth-order valence-electron chi connectivity index (χ4n) is 1.73. The molecule has 0 aliphatic carbocycles. The van der Waals surface area contributed by atoms with Gasteiger partial charge in [-0.05, 0) is 27.3 Å². The quantitative estimate of drug-likeness (QED) is 0.699. The summed E-state index contributed by atoms with van der Waals surface area (Å²) in [5.74, 6) is 0. The van der Waals surface area contributed by atoms with Gasteiger partial charge in [0.05, 0.1) is 25.4 Å². The summed E-state index contributed by atoms with van der Waals surface area (Å²) in [4.78, 5) is 2.31. The fourth-order valence-corrected chi connectivity index (χ4v) is 1.73. The number of hydrogen-bond acceptors (Lipinski definition) is 4. The highest BCUT2D eigenvalue weighted by Gasteiger charge is 2.13. The Morgan fingerprint density at radius 2 is 2.25 bits per heavy atom. The van der Waals surface area contributed by atoms with Crippen LogP contribution >= 0.6 is 0 Å². The Kier molecular flexibility index (Phi) is 6.96. The van der Waals surface area contributed by atoms with Crippen molar-refractivity contribution in [3.8, 4) is 0 Å². The molecule has 96 valence electrons. The Labute approximate surface area is 99.3 Å². The SMILES string of the molecule is CC(C)OCCN(C)CCC1CNCCO1. The Morgan fingerprint density at radius 3 is 2.88 bits per heavy atom. The molecule has 1 heterocycles. The third-order valence-electron chi connectivity index (χ3n) is 2.76. The van der Waals surface area contributed by atoms with E-state index in [1.54, 1.807) is 0 Å². The average molecular weight is 230 g/mol. The van der Waals surface area contributed by atoms with Gasteiger partial charge in [0.25, 0.3) is 0 Å². The van der Waals surface area contributed by atoms with E-state index < -0.39 is 0 Å². The van der Waals surface area contributed by atoms with E-state index in [1.165, 1.54) is 0 Å². The van der Waals surface area contributed by atoms with Crippen molar-refractivity contribution in [3.63, 3.8) is 0 Å². The molecule has 0 saturated carbocycles. The Hall–Kier alpha value is -0.160. The van der Waals surface area contributed by atoms with Crippen LogP contribution in [-0.4, -0.2) is 63.5 Å². The predicted octanol–water partition coefficient (Wildman–Crippen LogP) is 0.722. The van der Waals surface area contributed by atoms with Crippen LogP contribution < -0.4 is 5.32 Å². The number of morpholine rings is 1. The third-order valence-corrected chi connectivity index (χ3v) is 2.76. The molecule has 4 heteroatoms. The van der Waals surface area contributed by atoms with Gasteiger partial charge in [-0.1, -0.05) is 0 Å². The molecule has 1 unspecified atom stereocenters. The molecule has 0 radical (unpaired) electrons. The van der Waals surface area contributed by atoms with Crippen LogP contribution in [0.3, 0.4) is 0 Å². The van der Waals surface area contributed by atoms with Gasteiger partial charge in [-0.15, -0.1) is 0 Å². The van der Waals surface area contributed by atoms with Crippen LogP contribution in [0.5, 0.6) is 0 Å². The first-order chi connectivity index (χ1) is 7.68. The molecule has 1 N–H and O–H groups in total. The molecular formula is C12H26N2O2. The Bertz CT molecular complexity index is 170. The number of nitrogens with zero attached hydrogens (tertiary/aromatic N) is 1. The maximum atomic E-state index is 5.65. The van der Waals surface area contributed by atoms with Crippen molar-refractivity contribution >= 4 is 0 Å². The van der Waals surface area contributed by atoms with Gasteiger partial charge in [0.15, 0.2) is 0 Å². The van der Waals surface area contributed by atoms with Gasteiger partial charge in [0.2, 0.25) is 0 Å². The van der Waals surface area contributed by atoms with Gasteiger partial charge < -0.3 is 19.7 Å². The molecule has 0 aromatic rings. The summed E-state index contributed by atoms with van der Waals surface area (Å²) in [7, 11) is 2.14. The van der Waals surface area contributed by atoms with Crippen molar-refractivity contribution in [2.45, 2.75) is 32.5 Å². The monoisotopic (exact) mass is 230 g/mol. The van der Waals surface area contributed by atoms with Crippen LogP contribution in [0.4, 0.5) is 0 Å². The van der Waals surface area contributed by atoms with Crippen LogP contribution in [0.1, 0.15) is 20.3 Å². The topological polar surface area (TPSA) is 33.7 Å². The summed E-state index contributed by atoms with van der Waals surface area (Å²) in [5.41, 5.74) is 0. The molecule has 0 amide bonds. The number of likely N-dealkylation sites (N-methyl/N-ethyl adjacent to an activating group) is 1. The number of hydrogen-bond donors (Lipinski definition) is 1. The fraction of sp³-hybridized carbons (Fsp3) is 1.00. The minimum Gasteiger partial charge on any atom is -0.377 e. The van der Waals surface area contributed by atoms with Crippen LogP contribution in [-0.2, 0) is 9.47 Å². The van der Waals surface area contributed by atoms with Gasteiger partial charge in [-0.25, -0.2) is 0 Å². The largest absolute Gasteiger partial charge is 0.377 e. The molecule has 4 nitrogen and oxygen atoms in total. The van der Waals surface area contributed by atoms with E-state index >= 15 is 0 Å². The summed E-state index contributed by atoms with van der Waals surface area (Å²) >= 11 is 0. The molecule has 1 rings (SSSR count). The molecule has 0 aromatic heterocycles. The molecule has 0 spiro atoms. The van der Waals surface area contributed by atoms with E-state index in [0.29, 0.717) is 12.2 Å². The van der Waals surface area contributed by atoms with E-state index in [2.05, 4.69) is 31.1 Å². The second kappa shape index (κ2) is 8.01. The standard InChI is InChI=1S/C12H26N2O2/c1-11(2)15-9-7-14(3)6-4-12-10-13-5-8-16-12/h11-13H,4-10H2,1-3H3. The van der Waals surface area contributed by atoms with Gasteiger partial charge in [-0.3, -0.25) is 0 Å². The van der Waals surface area contributed by atoms with E-state index in [4.69, 9.17) is 9.47 Å². The molecular weight excluding hydrogens is 204 g/mol. The van der Waals surface area contributed by atoms with Gasteiger partial charge in [0.1, 0.15) is 0 Å². The maximum Gasteiger partial charge on any atom is 0.0712 e. The zero-order chi connectivity index (χ0) is 11.8. The highest BCUT2D eigenvalue weighted by molar-refractivity contribution is 4.68. The molecule has 1 saturated heterocycles. The van der Waals surface area contributed by atoms with E-state index in [0.717, 1.165) is 45.8 Å². The number of rotatable bonds is 7. The summed E-state index contributed by atoms with van der Waals surface area (Å²) in [6.07, 6.45) is 1.83. The second-order valence-corrected chi connectivity index (χ2v) is 4.71. The predicted molar refractivity (Wildman–Crippen MR) is 65.8 cm³/mol. The Morgan fingerprint density at radius 1 is 1.44 bits per heavy atom. The summed E-state index contributed by atoms with van der Waals surface area (Å²) in [6.45, 7) is 9.88. The van der Waals surface area contributed by atoms with Crippen molar-refractivity contribution in [3.05, 3.63) is 0 Å². The van der Waals surface area contributed by atoms with E-state index in [9.17, 15) is 0 Å². The Balaban J connectivity index is 1.98. The molecule has 0 bridgehead atoms. The van der Waals surface area contributed by atoms with Crippen LogP contribution in [0.2, 0.25) is 0 Å². The lowest BCUT2D eigenvalue weighted by Crippen LogP contribution is -2.40. The first-order valence-electron chi connectivity index (χ1n) is 6.31. The average Bonchev–Trinajstić information content (AvgIpc) is 2.27. The van der Waals surface area contributed by atoms with E-state index in [-0.39, 0.29) is 0 Å². The first kappa shape index (κ1) is 13.9. The second-order valence-electron chi connectivity index (χ2n) is 4.71. The lowest BCUT2D eigenvalue weighted by molar-refractivity contribution is 0.0151. The molecule has 0 aromatic carbocycles. The van der Waals surface area contributed by atoms with Crippen molar-refractivity contribution in [1.82, 2.24) is 10.2 Å². The first-order valence-corrected chi connectivity index (χ1v) is 6.31. The zero-order valence-corrected chi connectivity index (χ0v) is 10.9. The van der Waals surface area contributed by atoms with Crippen molar-refractivity contribution in [1.29, 1.82) is 0 Å².